The molecular formula is C22H20N7O+. The summed E-state index contributed by atoms with van der Waals surface area (Å²) < 4.78 is 0. The SMILES string of the molecule is CN(C)c1ccc(C(=O)N=[N+]=Nc2ccc3nc(Nc4ccccc4)[nH]c3c2)cc1. The Hall–Kier alpha value is -4.29. The molecule has 0 unspecified atom stereocenters. The van der Waals surface area contributed by atoms with E-state index in [2.05, 4.69) is 30.4 Å². The van der Waals surface area contributed by atoms with E-state index < -0.39 is 5.91 Å². The van der Waals surface area contributed by atoms with Gasteiger partial charge in [0.2, 0.25) is 16.0 Å². The summed E-state index contributed by atoms with van der Waals surface area (Å²) in [6, 6.07) is 22.3. The quantitative estimate of drug-likeness (QED) is 0.372. The van der Waals surface area contributed by atoms with Crippen LogP contribution in [-0.2, 0) is 0 Å². The molecule has 0 bridgehead atoms. The lowest BCUT2D eigenvalue weighted by atomic mass is 10.2. The highest BCUT2D eigenvalue weighted by molar-refractivity contribution is 5.94. The van der Waals surface area contributed by atoms with Crippen LogP contribution in [0.15, 0.2) is 83.0 Å². The third-order valence-electron chi connectivity index (χ3n) is 4.43. The molecule has 0 atom stereocenters. The first-order valence-corrected chi connectivity index (χ1v) is 9.34. The molecule has 0 aliphatic heterocycles. The Morgan fingerprint density at radius 3 is 2.53 bits per heavy atom. The summed E-state index contributed by atoms with van der Waals surface area (Å²) >= 11 is 0. The van der Waals surface area contributed by atoms with Crippen LogP contribution < -0.4 is 15.1 Å². The Morgan fingerprint density at radius 2 is 1.80 bits per heavy atom. The Labute approximate surface area is 173 Å². The number of nitrogens with zero attached hydrogens (tertiary/aromatic N) is 5. The van der Waals surface area contributed by atoms with E-state index in [0.29, 0.717) is 17.2 Å². The third kappa shape index (κ3) is 4.40. The molecule has 8 heteroatoms. The number of carbonyl (C=O) groups excluding carboxylic acids is 1. The lowest BCUT2D eigenvalue weighted by Gasteiger charge is -2.11. The van der Waals surface area contributed by atoms with Crippen LogP contribution in [0, 0.1) is 0 Å². The summed E-state index contributed by atoms with van der Waals surface area (Å²) in [4.78, 5) is 25.5. The minimum atomic E-state index is -0.443. The van der Waals surface area contributed by atoms with Gasteiger partial charge in [-0.2, -0.15) is 0 Å². The lowest BCUT2D eigenvalue weighted by Crippen LogP contribution is -2.08. The van der Waals surface area contributed by atoms with Gasteiger partial charge in [0.1, 0.15) is 0 Å². The highest BCUT2D eigenvalue weighted by Gasteiger charge is 2.10. The number of rotatable bonds is 5. The third-order valence-corrected chi connectivity index (χ3v) is 4.43. The fourth-order valence-corrected chi connectivity index (χ4v) is 2.85. The van der Waals surface area contributed by atoms with Gasteiger partial charge in [-0.05, 0) is 54.6 Å². The van der Waals surface area contributed by atoms with Crippen molar-refractivity contribution in [3.8, 4) is 0 Å². The van der Waals surface area contributed by atoms with Crippen LogP contribution in [0.3, 0.4) is 0 Å². The van der Waals surface area contributed by atoms with Gasteiger partial charge in [-0.1, -0.05) is 18.2 Å². The van der Waals surface area contributed by atoms with Crippen molar-refractivity contribution in [1.29, 1.82) is 0 Å². The molecule has 0 saturated heterocycles. The number of carbonyl (C=O) groups is 1. The average Bonchev–Trinajstić information content (AvgIpc) is 3.16. The molecule has 1 aromatic heterocycles. The molecule has 1 amide bonds. The molecule has 148 valence electrons. The summed E-state index contributed by atoms with van der Waals surface area (Å²) in [5.74, 6) is 0.187. The second kappa shape index (κ2) is 8.38. The molecule has 4 aromatic rings. The number of aromatic amines is 1. The number of hydrogen-bond acceptors (Lipinski definition) is 5. The second-order valence-electron chi connectivity index (χ2n) is 6.81. The smallest absolute Gasteiger partial charge is 0.360 e. The van der Waals surface area contributed by atoms with E-state index in [9.17, 15) is 4.79 Å². The van der Waals surface area contributed by atoms with Gasteiger partial charge >= 0.3 is 5.91 Å². The number of anilines is 3. The van der Waals surface area contributed by atoms with Crippen molar-refractivity contribution in [2.75, 3.05) is 24.3 Å². The predicted octanol–water partition coefficient (Wildman–Crippen LogP) is 4.82. The topological polar surface area (TPSA) is 99.8 Å². The number of fused-ring (bicyclic) bond motifs is 1. The minimum absolute atomic E-state index is 0.443. The number of amides is 1. The molecule has 0 aliphatic carbocycles. The van der Waals surface area contributed by atoms with Gasteiger partial charge in [0.05, 0.1) is 11.0 Å². The van der Waals surface area contributed by atoms with Crippen molar-refractivity contribution in [1.82, 2.24) is 14.9 Å². The van der Waals surface area contributed by atoms with E-state index >= 15 is 0 Å². The van der Waals surface area contributed by atoms with Crippen LogP contribution >= 0.6 is 0 Å². The van der Waals surface area contributed by atoms with Crippen LogP contribution in [-0.4, -0.2) is 30.0 Å². The van der Waals surface area contributed by atoms with Crippen LogP contribution in [0.25, 0.3) is 11.0 Å². The summed E-state index contributed by atoms with van der Waals surface area (Å²) in [6.45, 7) is 0. The molecule has 0 fully saturated rings. The number of nitrogens with one attached hydrogen (secondary N) is 2. The zero-order chi connectivity index (χ0) is 20.9. The maximum Gasteiger partial charge on any atom is 0.360 e. The van der Waals surface area contributed by atoms with Crippen molar-refractivity contribution in [2.24, 2.45) is 10.2 Å². The van der Waals surface area contributed by atoms with Gasteiger partial charge in [0, 0.05) is 31.0 Å². The second-order valence-corrected chi connectivity index (χ2v) is 6.81. The largest absolute Gasteiger partial charge is 0.378 e. The summed E-state index contributed by atoms with van der Waals surface area (Å²) in [5.41, 5.74) is 4.56. The molecule has 4 rings (SSSR count). The highest BCUT2D eigenvalue weighted by atomic mass is 16.1. The zero-order valence-corrected chi connectivity index (χ0v) is 16.6. The first kappa shape index (κ1) is 19.0. The average molecular weight is 398 g/mol. The van der Waals surface area contributed by atoms with Gasteiger partial charge in [-0.15, -0.1) is 0 Å². The van der Waals surface area contributed by atoms with E-state index in [1.807, 2.05) is 67.5 Å². The first-order chi connectivity index (χ1) is 14.6. The molecule has 8 nitrogen and oxygen atoms in total. The predicted molar refractivity (Wildman–Crippen MR) is 118 cm³/mol. The highest BCUT2D eigenvalue weighted by Crippen LogP contribution is 2.22. The molecule has 2 N–H and O–H groups in total. The standard InChI is InChI=1S/C22H19N7O/c1-29(2)18-11-8-15(9-12-18)21(30)27-28-26-17-10-13-19-20(14-17)25-22(24-19)23-16-6-4-3-5-7-16/h3-14H,1-2H3,(H,23,25,26,27,30)/p+1. The van der Waals surface area contributed by atoms with Gasteiger partial charge in [0.15, 0.2) is 10.8 Å². The summed E-state index contributed by atoms with van der Waals surface area (Å²) in [5, 5.41) is 10.9. The van der Waals surface area contributed by atoms with Crippen molar-refractivity contribution >= 4 is 40.0 Å². The molecule has 0 saturated carbocycles. The first-order valence-electron chi connectivity index (χ1n) is 9.34. The Balaban J connectivity index is 1.48. The number of benzene rings is 3. The van der Waals surface area contributed by atoms with E-state index in [-0.39, 0.29) is 0 Å². The fraction of sp³-hybridized carbons (Fsp3) is 0.0909. The number of hydrogen-bond donors (Lipinski definition) is 2. The summed E-state index contributed by atoms with van der Waals surface area (Å²) in [7, 11) is 3.87. The Kier molecular flexibility index (Phi) is 5.32. The van der Waals surface area contributed by atoms with Crippen LogP contribution in [0.2, 0.25) is 0 Å². The van der Waals surface area contributed by atoms with Crippen molar-refractivity contribution in [3.63, 3.8) is 0 Å². The van der Waals surface area contributed by atoms with Crippen molar-refractivity contribution < 1.29 is 4.79 Å². The molecule has 1 heterocycles. The van der Waals surface area contributed by atoms with Crippen LogP contribution in [0.4, 0.5) is 23.0 Å². The van der Waals surface area contributed by atoms with Gasteiger partial charge in [-0.25, -0.2) is 4.98 Å². The van der Waals surface area contributed by atoms with Crippen molar-refractivity contribution in [3.05, 3.63) is 78.4 Å². The molecule has 30 heavy (non-hydrogen) atoms. The molecular weight excluding hydrogens is 378 g/mol. The minimum Gasteiger partial charge on any atom is -0.378 e. The van der Waals surface area contributed by atoms with E-state index in [1.165, 1.54) is 0 Å². The number of aromatic nitrogens is 2. The molecule has 0 spiro atoms. The molecule has 0 aliphatic rings. The molecule has 3 aromatic carbocycles. The lowest BCUT2D eigenvalue weighted by molar-refractivity contribution is 0.0992. The number of H-pyrrole nitrogens is 1. The zero-order valence-electron chi connectivity index (χ0n) is 16.6. The normalized spacial score (nSPS) is 10.3. The maximum absolute atomic E-state index is 12.1. The number of para-hydroxylation sites is 1. The maximum atomic E-state index is 12.1. The van der Waals surface area contributed by atoms with Gasteiger partial charge in [0.25, 0.3) is 0 Å². The van der Waals surface area contributed by atoms with Gasteiger partial charge in [-0.3, -0.25) is 4.79 Å². The number of imidazole rings is 1. The van der Waals surface area contributed by atoms with E-state index in [0.717, 1.165) is 22.4 Å². The van der Waals surface area contributed by atoms with Crippen LogP contribution in [0.5, 0.6) is 0 Å². The van der Waals surface area contributed by atoms with E-state index in [1.54, 1.807) is 24.3 Å². The van der Waals surface area contributed by atoms with Gasteiger partial charge < -0.3 is 15.2 Å². The Morgan fingerprint density at radius 1 is 1.03 bits per heavy atom. The monoisotopic (exact) mass is 398 g/mol. The fourth-order valence-electron chi connectivity index (χ4n) is 2.85. The van der Waals surface area contributed by atoms with Crippen LogP contribution in [0.1, 0.15) is 10.4 Å². The summed E-state index contributed by atoms with van der Waals surface area (Å²) in [6.07, 6.45) is 0. The molecule has 0 radical (unpaired) electrons. The van der Waals surface area contributed by atoms with E-state index in [4.69, 9.17) is 0 Å². The van der Waals surface area contributed by atoms with Crippen molar-refractivity contribution in [2.45, 2.75) is 0 Å². The Bertz CT molecular complexity index is 1240.